The van der Waals surface area contributed by atoms with Gasteiger partial charge in [0.25, 0.3) is 0 Å². The maximum Gasteiger partial charge on any atom is 0.247 e. The number of likely N-dealkylation sites (tertiary alicyclic amines) is 1. The van der Waals surface area contributed by atoms with Crippen molar-refractivity contribution in [2.24, 2.45) is 5.92 Å². The van der Waals surface area contributed by atoms with E-state index in [4.69, 9.17) is 11.6 Å². The van der Waals surface area contributed by atoms with Gasteiger partial charge in [-0.05, 0) is 24.5 Å². The molecule has 0 aliphatic carbocycles. The third-order valence-corrected chi connectivity index (χ3v) is 3.56. The van der Waals surface area contributed by atoms with Gasteiger partial charge >= 0.3 is 0 Å². The molecule has 2 rings (SSSR count). The van der Waals surface area contributed by atoms with Gasteiger partial charge in [-0.3, -0.25) is 9.59 Å². The largest absolute Gasteiger partial charge is 0.330 e. The van der Waals surface area contributed by atoms with Gasteiger partial charge in [-0.25, -0.2) is 4.98 Å². The Morgan fingerprint density at radius 3 is 2.70 bits per heavy atom. The molecule has 0 unspecified atom stereocenters. The molecule has 0 radical (unpaired) electrons. The summed E-state index contributed by atoms with van der Waals surface area (Å²) >= 11 is 5.71. The predicted molar refractivity (Wildman–Crippen MR) is 77.4 cm³/mol. The number of hydrogen-bond acceptors (Lipinski definition) is 3. The number of hydrogen-bond donors (Lipinski definition) is 1. The maximum absolute atomic E-state index is 12.4. The van der Waals surface area contributed by atoms with Gasteiger partial charge in [0, 0.05) is 13.0 Å². The number of aromatic nitrogens is 1. The lowest BCUT2D eigenvalue weighted by Gasteiger charge is -2.29. The van der Waals surface area contributed by atoms with Crippen LogP contribution in [0.25, 0.3) is 0 Å². The molecule has 1 atom stereocenters. The molecule has 1 aliphatic heterocycles. The van der Waals surface area contributed by atoms with Crippen LogP contribution in [0.5, 0.6) is 0 Å². The number of rotatable bonds is 4. The Morgan fingerprint density at radius 2 is 2.20 bits per heavy atom. The van der Waals surface area contributed by atoms with Crippen molar-refractivity contribution in [3.8, 4) is 0 Å². The van der Waals surface area contributed by atoms with E-state index in [1.54, 1.807) is 17.0 Å². The quantitative estimate of drug-likeness (QED) is 0.867. The van der Waals surface area contributed by atoms with Crippen LogP contribution in [0.4, 0.5) is 5.69 Å². The first-order valence-corrected chi connectivity index (χ1v) is 7.08. The Kier molecular flexibility index (Phi) is 4.60. The number of carbonyl (C=O) groups is 2. The monoisotopic (exact) mass is 295 g/mol. The van der Waals surface area contributed by atoms with Gasteiger partial charge in [0.15, 0.2) is 0 Å². The Bertz CT molecular complexity index is 502. The summed E-state index contributed by atoms with van der Waals surface area (Å²) in [5.41, 5.74) is 0.580. The van der Waals surface area contributed by atoms with E-state index in [1.165, 1.54) is 6.20 Å². The molecule has 0 aromatic carbocycles. The highest BCUT2D eigenvalue weighted by Crippen LogP contribution is 2.21. The minimum atomic E-state index is -0.444. The summed E-state index contributed by atoms with van der Waals surface area (Å²) in [5.74, 6) is -0.0789. The highest BCUT2D eigenvalue weighted by Gasteiger charge is 2.34. The SMILES string of the molecule is CC(C)[C@@H](C(=O)Nc1ccc(Cl)nc1)N1CCCC1=O. The van der Waals surface area contributed by atoms with Crippen LogP contribution in [0.3, 0.4) is 0 Å². The van der Waals surface area contributed by atoms with Crippen LogP contribution in [0.1, 0.15) is 26.7 Å². The first kappa shape index (κ1) is 14.8. The summed E-state index contributed by atoms with van der Waals surface area (Å²) in [7, 11) is 0. The van der Waals surface area contributed by atoms with Crippen molar-refractivity contribution in [3.05, 3.63) is 23.5 Å². The smallest absolute Gasteiger partial charge is 0.247 e. The zero-order valence-corrected chi connectivity index (χ0v) is 12.4. The topological polar surface area (TPSA) is 62.3 Å². The molecular weight excluding hydrogens is 278 g/mol. The van der Waals surface area contributed by atoms with Crippen LogP contribution < -0.4 is 5.32 Å². The van der Waals surface area contributed by atoms with Crippen molar-refractivity contribution >= 4 is 29.1 Å². The van der Waals surface area contributed by atoms with E-state index in [0.29, 0.717) is 23.8 Å². The van der Waals surface area contributed by atoms with Crippen LogP contribution >= 0.6 is 11.6 Å². The van der Waals surface area contributed by atoms with Crippen LogP contribution in [-0.2, 0) is 9.59 Å². The molecule has 6 heteroatoms. The molecule has 108 valence electrons. The molecule has 1 saturated heterocycles. The number of nitrogens with zero attached hydrogens (tertiary/aromatic N) is 2. The van der Waals surface area contributed by atoms with Crippen molar-refractivity contribution in [2.75, 3.05) is 11.9 Å². The van der Waals surface area contributed by atoms with Crippen LogP contribution in [0.15, 0.2) is 18.3 Å². The predicted octanol–water partition coefficient (Wildman–Crippen LogP) is 2.32. The molecule has 1 aromatic rings. The molecule has 20 heavy (non-hydrogen) atoms. The van der Waals surface area contributed by atoms with Crippen molar-refractivity contribution in [2.45, 2.75) is 32.7 Å². The molecule has 1 aromatic heterocycles. The van der Waals surface area contributed by atoms with Gasteiger partial charge in [0.1, 0.15) is 11.2 Å². The Balaban J connectivity index is 2.11. The lowest BCUT2D eigenvalue weighted by Crippen LogP contribution is -2.47. The van der Waals surface area contributed by atoms with Gasteiger partial charge < -0.3 is 10.2 Å². The zero-order chi connectivity index (χ0) is 14.7. The van der Waals surface area contributed by atoms with E-state index >= 15 is 0 Å². The summed E-state index contributed by atoms with van der Waals surface area (Å²) < 4.78 is 0. The average Bonchev–Trinajstić information content (AvgIpc) is 2.78. The summed E-state index contributed by atoms with van der Waals surface area (Å²) in [5, 5.41) is 3.17. The highest BCUT2D eigenvalue weighted by molar-refractivity contribution is 6.29. The fourth-order valence-corrected chi connectivity index (χ4v) is 2.55. The van der Waals surface area contributed by atoms with Crippen molar-refractivity contribution < 1.29 is 9.59 Å². The third kappa shape index (κ3) is 3.28. The van der Waals surface area contributed by atoms with Gasteiger partial charge in [0.2, 0.25) is 11.8 Å². The van der Waals surface area contributed by atoms with Crippen LogP contribution in [0.2, 0.25) is 5.15 Å². The fourth-order valence-electron chi connectivity index (χ4n) is 2.43. The number of carbonyl (C=O) groups excluding carboxylic acids is 2. The number of amides is 2. The standard InChI is InChI=1S/C14H18ClN3O2/c1-9(2)13(18-7-3-4-12(18)19)14(20)17-10-5-6-11(15)16-8-10/h5-6,8-9,13H,3-4,7H2,1-2H3,(H,17,20)/t13-/m0/s1. The second-order valence-electron chi connectivity index (χ2n) is 5.24. The molecule has 1 aliphatic rings. The number of anilines is 1. The molecule has 5 nitrogen and oxygen atoms in total. The summed E-state index contributed by atoms with van der Waals surface area (Å²) in [6.07, 6.45) is 2.85. The number of halogens is 1. The number of nitrogens with one attached hydrogen (secondary N) is 1. The molecule has 0 bridgehead atoms. The van der Waals surface area contributed by atoms with Gasteiger partial charge in [-0.15, -0.1) is 0 Å². The van der Waals surface area contributed by atoms with E-state index in [2.05, 4.69) is 10.3 Å². The molecular formula is C14H18ClN3O2. The van der Waals surface area contributed by atoms with Gasteiger partial charge in [-0.2, -0.15) is 0 Å². The Hall–Kier alpha value is -1.62. The van der Waals surface area contributed by atoms with E-state index in [1.807, 2.05) is 13.8 Å². The second-order valence-corrected chi connectivity index (χ2v) is 5.63. The lowest BCUT2D eigenvalue weighted by molar-refractivity contribution is -0.136. The van der Waals surface area contributed by atoms with E-state index in [-0.39, 0.29) is 17.7 Å². The van der Waals surface area contributed by atoms with Gasteiger partial charge in [-0.1, -0.05) is 25.4 Å². The molecule has 0 saturated carbocycles. The molecule has 0 spiro atoms. The molecule has 1 fully saturated rings. The van der Waals surface area contributed by atoms with E-state index < -0.39 is 6.04 Å². The lowest BCUT2D eigenvalue weighted by atomic mass is 10.0. The maximum atomic E-state index is 12.4. The normalized spacial score (nSPS) is 16.6. The minimum absolute atomic E-state index is 0.0491. The molecule has 2 heterocycles. The first-order chi connectivity index (χ1) is 9.49. The summed E-state index contributed by atoms with van der Waals surface area (Å²) in [4.78, 5) is 29.8. The molecule has 1 N–H and O–H groups in total. The van der Waals surface area contributed by atoms with Crippen LogP contribution in [0, 0.1) is 5.92 Å². The Morgan fingerprint density at radius 1 is 1.45 bits per heavy atom. The van der Waals surface area contributed by atoms with Crippen molar-refractivity contribution in [1.82, 2.24) is 9.88 Å². The highest BCUT2D eigenvalue weighted by atomic mass is 35.5. The summed E-state index contributed by atoms with van der Waals surface area (Å²) in [6, 6.07) is 2.86. The second kappa shape index (κ2) is 6.22. The van der Waals surface area contributed by atoms with Crippen LogP contribution in [-0.4, -0.2) is 34.3 Å². The fraction of sp³-hybridized carbons (Fsp3) is 0.500. The van der Waals surface area contributed by atoms with E-state index in [0.717, 1.165) is 6.42 Å². The third-order valence-electron chi connectivity index (χ3n) is 3.34. The van der Waals surface area contributed by atoms with Gasteiger partial charge in [0.05, 0.1) is 11.9 Å². The Labute approximate surface area is 123 Å². The zero-order valence-electron chi connectivity index (χ0n) is 11.6. The van der Waals surface area contributed by atoms with Crippen molar-refractivity contribution in [1.29, 1.82) is 0 Å². The molecule has 2 amide bonds. The average molecular weight is 296 g/mol. The van der Waals surface area contributed by atoms with Crippen molar-refractivity contribution in [3.63, 3.8) is 0 Å². The summed E-state index contributed by atoms with van der Waals surface area (Å²) in [6.45, 7) is 4.53. The number of pyridine rings is 1. The van der Waals surface area contributed by atoms with E-state index in [9.17, 15) is 9.59 Å². The minimum Gasteiger partial charge on any atom is -0.330 e. The first-order valence-electron chi connectivity index (χ1n) is 6.71.